The molecule has 3 rings (SSSR count). The van der Waals surface area contributed by atoms with Crippen molar-refractivity contribution in [3.05, 3.63) is 65.2 Å². The maximum atomic E-state index is 13.1. The van der Waals surface area contributed by atoms with Crippen molar-refractivity contribution >= 4 is 26.5 Å². The molecule has 0 fully saturated rings. The van der Waals surface area contributed by atoms with Gasteiger partial charge in [0.1, 0.15) is 23.9 Å². The van der Waals surface area contributed by atoms with Crippen molar-refractivity contribution in [2.24, 2.45) is 0 Å². The molecule has 42 heavy (non-hydrogen) atoms. The van der Waals surface area contributed by atoms with Crippen LogP contribution in [0.3, 0.4) is 0 Å². The van der Waals surface area contributed by atoms with Crippen LogP contribution in [-0.4, -0.2) is 50.7 Å². The number of phenolic OH excluding ortho intramolecular Hbond substituents is 1. The van der Waals surface area contributed by atoms with Crippen molar-refractivity contribution in [3.8, 4) is 17.2 Å². The summed E-state index contributed by atoms with van der Waals surface area (Å²) in [6.45, 7) is 15.7. The summed E-state index contributed by atoms with van der Waals surface area (Å²) in [5.74, 6) is 0.532. The smallest absolute Gasteiger partial charge is 0.255 e. The lowest BCUT2D eigenvalue weighted by atomic mass is 9.76. The molecule has 0 saturated carbocycles. The lowest BCUT2D eigenvalue weighted by Gasteiger charge is -2.30. The molecule has 0 aliphatic rings. The highest BCUT2D eigenvalue weighted by atomic mass is 32.2. The van der Waals surface area contributed by atoms with Crippen molar-refractivity contribution in [2.75, 3.05) is 31.3 Å². The van der Waals surface area contributed by atoms with E-state index in [1.807, 2.05) is 0 Å². The zero-order valence-electron chi connectivity index (χ0n) is 26.2. The molecule has 2 N–H and O–H groups in total. The van der Waals surface area contributed by atoms with Crippen molar-refractivity contribution in [3.63, 3.8) is 0 Å². The molecule has 3 aromatic carbocycles. The summed E-state index contributed by atoms with van der Waals surface area (Å²) < 4.78 is 35.8. The average Bonchev–Trinajstić information content (AvgIpc) is 2.98. The van der Waals surface area contributed by atoms with Crippen molar-refractivity contribution in [2.45, 2.75) is 78.6 Å². The molecule has 0 bridgehead atoms. The normalized spacial score (nSPS) is 12.4. The quantitative estimate of drug-likeness (QED) is 0.184. The molecule has 0 radical (unpaired) electrons. The van der Waals surface area contributed by atoms with Gasteiger partial charge in [-0.05, 0) is 47.8 Å². The molecule has 0 saturated heterocycles. The van der Waals surface area contributed by atoms with Crippen LogP contribution in [0.15, 0.2) is 48.5 Å². The van der Waals surface area contributed by atoms with Gasteiger partial charge in [-0.3, -0.25) is 4.79 Å². The number of benzene rings is 3. The molecule has 0 aromatic heterocycles. The summed E-state index contributed by atoms with van der Waals surface area (Å²) in [4.78, 5) is 13.1. The van der Waals surface area contributed by atoms with E-state index in [1.54, 1.807) is 31.2 Å². The maximum Gasteiger partial charge on any atom is 0.255 e. The Labute approximate surface area is 251 Å². The predicted molar refractivity (Wildman–Crippen MR) is 171 cm³/mol. The fraction of sp³-hybridized carbons (Fsp3) is 0.500. The summed E-state index contributed by atoms with van der Waals surface area (Å²) in [5.41, 5.74) is 2.59. The van der Waals surface area contributed by atoms with Crippen LogP contribution in [0.25, 0.3) is 10.8 Å². The van der Waals surface area contributed by atoms with E-state index < -0.39 is 15.7 Å². The van der Waals surface area contributed by atoms with Gasteiger partial charge in [0.05, 0.1) is 17.9 Å². The Morgan fingerprint density at radius 2 is 1.50 bits per heavy atom. The first-order chi connectivity index (χ1) is 19.8. The zero-order chi connectivity index (χ0) is 31.1. The maximum absolute atomic E-state index is 13.1. The second-order valence-electron chi connectivity index (χ2n) is 12.0. The van der Waals surface area contributed by atoms with Gasteiger partial charge < -0.3 is 19.9 Å². The van der Waals surface area contributed by atoms with Crippen molar-refractivity contribution < 1.29 is 27.8 Å². The number of ether oxygens (including phenoxy) is 2. The Morgan fingerprint density at radius 1 is 0.857 bits per heavy atom. The Bertz CT molecular complexity index is 1490. The lowest BCUT2D eigenvalue weighted by molar-refractivity contribution is 0.0948. The third kappa shape index (κ3) is 7.97. The monoisotopic (exact) mass is 597 g/mol. The van der Waals surface area contributed by atoms with E-state index in [0.29, 0.717) is 36.1 Å². The number of fused-ring (bicyclic) bond motifs is 1. The Hall–Kier alpha value is -3.26. The third-order valence-corrected chi connectivity index (χ3v) is 10.1. The average molecular weight is 598 g/mol. The molecule has 0 heterocycles. The molecule has 0 atom stereocenters. The summed E-state index contributed by atoms with van der Waals surface area (Å²) in [7, 11) is -3.20. The van der Waals surface area contributed by atoms with E-state index in [-0.39, 0.29) is 40.3 Å². The SMILES string of the molecule is CCC(C)(C)c1ccc(OCCCNC(=O)c2cc(OCCS(=O)(=O)CC)c3ccccc3c2O)c(C(C)(C)CC)c1. The van der Waals surface area contributed by atoms with Crippen LogP contribution in [0, 0.1) is 0 Å². The molecule has 0 unspecified atom stereocenters. The molecule has 8 heteroatoms. The second-order valence-corrected chi connectivity index (χ2v) is 14.5. The minimum Gasteiger partial charge on any atom is -0.506 e. The molecule has 3 aromatic rings. The fourth-order valence-electron chi connectivity index (χ4n) is 4.59. The third-order valence-electron chi connectivity index (χ3n) is 8.44. The number of hydrogen-bond donors (Lipinski definition) is 2. The van der Waals surface area contributed by atoms with Crippen LogP contribution >= 0.6 is 0 Å². The standard InChI is InChI=1S/C34H47NO6S/c1-8-33(4,5)24-16-17-29(28(22-24)34(6,7)9-2)40-19-13-18-35-32(37)27-23-30(41-20-21-42(38,39)10-3)25-14-11-12-15-26(25)31(27)36/h11-12,14-17,22-23,36H,8-10,13,18-21H2,1-7H3,(H,35,37). The van der Waals surface area contributed by atoms with E-state index in [9.17, 15) is 18.3 Å². The minimum absolute atomic E-state index is 0.0318. The highest BCUT2D eigenvalue weighted by molar-refractivity contribution is 7.91. The number of carbonyl (C=O) groups is 1. The molecule has 7 nitrogen and oxygen atoms in total. The fourth-order valence-corrected chi connectivity index (χ4v) is 5.22. The number of sulfone groups is 1. The number of rotatable bonds is 15. The van der Waals surface area contributed by atoms with Crippen molar-refractivity contribution in [1.29, 1.82) is 0 Å². The summed E-state index contributed by atoms with van der Waals surface area (Å²) in [6, 6.07) is 15.0. The zero-order valence-corrected chi connectivity index (χ0v) is 27.0. The number of aromatic hydroxyl groups is 1. The van der Waals surface area contributed by atoms with Crippen LogP contribution in [0.1, 0.15) is 89.2 Å². The number of amides is 1. The second kappa shape index (κ2) is 13.8. The van der Waals surface area contributed by atoms with Crippen LogP contribution in [0.2, 0.25) is 0 Å². The van der Waals surface area contributed by atoms with Crippen LogP contribution in [-0.2, 0) is 20.7 Å². The van der Waals surface area contributed by atoms with E-state index in [1.165, 1.54) is 17.2 Å². The molecule has 0 spiro atoms. The Morgan fingerprint density at radius 3 is 2.14 bits per heavy atom. The highest BCUT2D eigenvalue weighted by Gasteiger charge is 2.26. The molecule has 1 amide bonds. The molecular formula is C34H47NO6S. The first kappa shape index (κ1) is 33.2. The van der Waals surface area contributed by atoms with Gasteiger partial charge in [-0.25, -0.2) is 8.42 Å². The highest BCUT2D eigenvalue weighted by Crippen LogP contribution is 2.39. The number of hydrogen-bond acceptors (Lipinski definition) is 6. The van der Waals surface area contributed by atoms with E-state index in [0.717, 1.165) is 18.6 Å². The van der Waals surface area contributed by atoms with Crippen LogP contribution in [0.5, 0.6) is 17.2 Å². The van der Waals surface area contributed by atoms with Gasteiger partial charge >= 0.3 is 0 Å². The van der Waals surface area contributed by atoms with E-state index in [4.69, 9.17) is 9.47 Å². The van der Waals surface area contributed by atoms with Gasteiger partial charge in [0.15, 0.2) is 9.84 Å². The number of phenols is 1. The number of nitrogens with one attached hydrogen (secondary N) is 1. The van der Waals surface area contributed by atoms with Gasteiger partial charge in [-0.1, -0.05) is 84.9 Å². The Balaban J connectivity index is 1.68. The molecular weight excluding hydrogens is 550 g/mol. The van der Waals surface area contributed by atoms with Gasteiger partial charge in [0, 0.05) is 28.6 Å². The Kier molecular flexibility index (Phi) is 10.9. The van der Waals surface area contributed by atoms with E-state index in [2.05, 4.69) is 65.1 Å². The number of carbonyl (C=O) groups excluding carboxylic acids is 1. The van der Waals surface area contributed by atoms with Crippen molar-refractivity contribution in [1.82, 2.24) is 5.32 Å². The largest absolute Gasteiger partial charge is 0.506 e. The van der Waals surface area contributed by atoms with Gasteiger partial charge in [-0.2, -0.15) is 0 Å². The molecule has 230 valence electrons. The van der Waals surface area contributed by atoms with Crippen LogP contribution < -0.4 is 14.8 Å². The summed E-state index contributed by atoms with van der Waals surface area (Å²) >= 11 is 0. The summed E-state index contributed by atoms with van der Waals surface area (Å²) in [5, 5.41) is 14.8. The van der Waals surface area contributed by atoms with Gasteiger partial charge in [-0.15, -0.1) is 0 Å². The van der Waals surface area contributed by atoms with Gasteiger partial charge in [0.25, 0.3) is 5.91 Å². The molecule has 0 aliphatic heterocycles. The summed E-state index contributed by atoms with van der Waals surface area (Å²) in [6.07, 6.45) is 2.59. The lowest BCUT2D eigenvalue weighted by Crippen LogP contribution is -2.26. The predicted octanol–water partition coefficient (Wildman–Crippen LogP) is 6.93. The first-order valence-electron chi connectivity index (χ1n) is 14.9. The van der Waals surface area contributed by atoms with Gasteiger partial charge in [0.2, 0.25) is 0 Å². The van der Waals surface area contributed by atoms with Crippen LogP contribution in [0.4, 0.5) is 0 Å². The first-order valence-corrected chi connectivity index (χ1v) is 16.7. The minimum atomic E-state index is -3.20. The molecule has 0 aliphatic carbocycles. The van der Waals surface area contributed by atoms with E-state index >= 15 is 0 Å². The topological polar surface area (TPSA) is 102 Å².